The molecule has 2 heterocycles. The molecule has 0 bridgehead atoms. The van der Waals surface area contributed by atoms with Gasteiger partial charge in [0, 0.05) is 45.2 Å². The topological polar surface area (TPSA) is 73.0 Å². The standard InChI is InChI=1S/C12H24N4O3S/c1-13-20(18,19)16-6-4-10(5-7-16)12(17)15-8-11(9-15)14(2)3/h10-11,13H,4-9H2,1-3H3. The molecule has 2 aliphatic heterocycles. The third-order valence-corrected chi connectivity index (χ3v) is 5.87. The van der Waals surface area contributed by atoms with Crippen molar-refractivity contribution >= 4 is 16.1 Å². The van der Waals surface area contributed by atoms with Gasteiger partial charge in [-0.05, 0) is 26.9 Å². The lowest BCUT2D eigenvalue weighted by atomic mass is 9.94. The van der Waals surface area contributed by atoms with Crippen LogP contribution in [-0.2, 0) is 15.0 Å². The summed E-state index contributed by atoms with van der Waals surface area (Å²) in [6, 6.07) is 0.462. The number of hydrogen-bond donors (Lipinski definition) is 1. The molecule has 2 rings (SSSR count). The zero-order valence-electron chi connectivity index (χ0n) is 12.4. The van der Waals surface area contributed by atoms with Crippen molar-refractivity contribution in [2.45, 2.75) is 18.9 Å². The highest BCUT2D eigenvalue weighted by Gasteiger charge is 2.37. The molecule has 1 N–H and O–H groups in total. The monoisotopic (exact) mass is 304 g/mol. The lowest BCUT2D eigenvalue weighted by molar-refractivity contribution is -0.143. The Bertz CT molecular complexity index is 451. The van der Waals surface area contributed by atoms with E-state index in [-0.39, 0.29) is 11.8 Å². The van der Waals surface area contributed by atoms with Gasteiger partial charge in [-0.25, -0.2) is 4.72 Å². The number of likely N-dealkylation sites (N-methyl/N-ethyl adjacent to an activating group) is 1. The van der Waals surface area contributed by atoms with E-state index in [1.54, 1.807) is 0 Å². The minimum absolute atomic E-state index is 0.0265. The Labute approximate surface area is 121 Å². The minimum atomic E-state index is -3.35. The molecule has 116 valence electrons. The van der Waals surface area contributed by atoms with Crippen molar-refractivity contribution in [3.63, 3.8) is 0 Å². The van der Waals surface area contributed by atoms with Gasteiger partial charge in [-0.1, -0.05) is 0 Å². The Morgan fingerprint density at radius 1 is 1.20 bits per heavy atom. The van der Waals surface area contributed by atoms with Crippen LogP contribution < -0.4 is 4.72 Å². The lowest BCUT2D eigenvalue weighted by Crippen LogP contribution is -2.61. The van der Waals surface area contributed by atoms with Crippen LogP contribution in [0.25, 0.3) is 0 Å². The van der Waals surface area contributed by atoms with Crippen molar-refractivity contribution in [3.05, 3.63) is 0 Å². The SMILES string of the molecule is CNS(=O)(=O)N1CCC(C(=O)N2CC(N(C)C)C2)CC1. The van der Waals surface area contributed by atoms with Gasteiger partial charge in [0.05, 0.1) is 0 Å². The second-order valence-corrected chi connectivity index (χ2v) is 7.62. The van der Waals surface area contributed by atoms with Crippen molar-refractivity contribution in [3.8, 4) is 0 Å². The predicted molar refractivity (Wildman–Crippen MR) is 76.3 cm³/mol. The Hall–Kier alpha value is -0.700. The highest BCUT2D eigenvalue weighted by atomic mass is 32.2. The zero-order valence-corrected chi connectivity index (χ0v) is 13.2. The number of likely N-dealkylation sites (tertiary alicyclic amines) is 1. The van der Waals surface area contributed by atoms with Gasteiger partial charge in [0.2, 0.25) is 5.91 Å². The number of carbonyl (C=O) groups excluding carboxylic acids is 1. The first-order valence-electron chi connectivity index (χ1n) is 6.99. The van der Waals surface area contributed by atoms with Gasteiger partial charge >= 0.3 is 0 Å². The van der Waals surface area contributed by atoms with Crippen LogP contribution in [0.15, 0.2) is 0 Å². The van der Waals surface area contributed by atoms with Gasteiger partial charge in [-0.15, -0.1) is 0 Å². The molecule has 0 spiro atoms. The minimum Gasteiger partial charge on any atom is -0.339 e. The smallest absolute Gasteiger partial charge is 0.279 e. The molecule has 2 aliphatic rings. The fraction of sp³-hybridized carbons (Fsp3) is 0.917. The quantitative estimate of drug-likeness (QED) is 0.718. The zero-order chi connectivity index (χ0) is 14.9. The summed E-state index contributed by atoms with van der Waals surface area (Å²) < 4.78 is 27.1. The van der Waals surface area contributed by atoms with Crippen molar-refractivity contribution in [2.24, 2.45) is 5.92 Å². The molecule has 7 nitrogen and oxygen atoms in total. The molecule has 0 unspecified atom stereocenters. The molecule has 0 aliphatic carbocycles. The molecule has 1 amide bonds. The second kappa shape index (κ2) is 5.97. The van der Waals surface area contributed by atoms with E-state index in [2.05, 4.69) is 9.62 Å². The summed E-state index contributed by atoms with van der Waals surface area (Å²) in [6.45, 7) is 2.43. The molecule has 2 fully saturated rings. The summed E-state index contributed by atoms with van der Waals surface area (Å²) in [5, 5.41) is 0. The van der Waals surface area contributed by atoms with E-state index in [9.17, 15) is 13.2 Å². The summed E-state index contributed by atoms with van der Waals surface area (Å²) in [7, 11) is 2.10. The average Bonchev–Trinajstić information content (AvgIpc) is 2.36. The summed E-state index contributed by atoms with van der Waals surface area (Å²) in [5.74, 6) is 0.158. The summed E-state index contributed by atoms with van der Waals surface area (Å²) >= 11 is 0. The molecule has 8 heteroatoms. The molecule has 0 saturated carbocycles. The van der Waals surface area contributed by atoms with Crippen LogP contribution in [0, 0.1) is 5.92 Å². The Balaban J connectivity index is 1.81. The number of amides is 1. The van der Waals surface area contributed by atoms with Crippen molar-refractivity contribution in [1.29, 1.82) is 0 Å². The fourth-order valence-electron chi connectivity index (χ4n) is 2.69. The Morgan fingerprint density at radius 3 is 2.20 bits per heavy atom. The van der Waals surface area contributed by atoms with E-state index in [0.29, 0.717) is 32.0 Å². The number of nitrogens with zero attached hydrogens (tertiary/aromatic N) is 3. The second-order valence-electron chi connectivity index (χ2n) is 5.74. The molecule has 0 radical (unpaired) electrons. The summed E-state index contributed by atoms with van der Waals surface area (Å²) in [6.07, 6.45) is 1.23. The fourth-order valence-corrected chi connectivity index (χ4v) is 3.64. The molecule has 0 atom stereocenters. The third kappa shape index (κ3) is 3.13. The maximum atomic E-state index is 12.3. The number of rotatable bonds is 4. The Morgan fingerprint density at radius 2 is 1.75 bits per heavy atom. The van der Waals surface area contributed by atoms with E-state index in [1.165, 1.54) is 11.4 Å². The molecule has 0 aromatic heterocycles. The first-order valence-corrected chi connectivity index (χ1v) is 8.43. The van der Waals surface area contributed by atoms with Crippen LogP contribution in [0.4, 0.5) is 0 Å². The number of hydrogen-bond acceptors (Lipinski definition) is 4. The summed E-state index contributed by atoms with van der Waals surface area (Å²) in [4.78, 5) is 16.3. The van der Waals surface area contributed by atoms with Gasteiger partial charge in [-0.3, -0.25) is 4.79 Å². The molecule has 20 heavy (non-hydrogen) atoms. The maximum Gasteiger partial charge on any atom is 0.279 e. The van der Waals surface area contributed by atoms with Gasteiger partial charge in [0.25, 0.3) is 10.2 Å². The van der Waals surface area contributed by atoms with Crippen LogP contribution in [0.2, 0.25) is 0 Å². The number of nitrogens with one attached hydrogen (secondary N) is 1. The van der Waals surface area contributed by atoms with Crippen molar-refractivity contribution < 1.29 is 13.2 Å². The van der Waals surface area contributed by atoms with Gasteiger partial charge in [-0.2, -0.15) is 12.7 Å². The largest absolute Gasteiger partial charge is 0.339 e. The highest BCUT2D eigenvalue weighted by molar-refractivity contribution is 7.87. The first kappa shape index (κ1) is 15.7. The molecule has 2 saturated heterocycles. The van der Waals surface area contributed by atoms with Crippen LogP contribution >= 0.6 is 0 Å². The van der Waals surface area contributed by atoms with E-state index in [4.69, 9.17) is 0 Å². The maximum absolute atomic E-state index is 12.3. The number of piperidine rings is 1. The molecule has 0 aromatic rings. The van der Waals surface area contributed by atoms with Crippen molar-refractivity contribution in [2.75, 3.05) is 47.3 Å². The molecular weight excluding hydrogens is 280 g/mol. The Kier molecular flexibility index (Phi) is 4.68. The number of carbonyl (C=O) groups is 1. The third-order valence-electron chi connectivity index (χ3n) is 4.31. The van der Waals surface area contributed by atoms with Crippen LogP contribution in [0.5, 0.6) is 0 Å². The molecular formula is C12H24N4O3S. The van der Waals surface area contributed by atoms with Crippen LogP contribution in [-0.4, -0.2) is 81.8 Å². The van der Waals surface area contributed by atoms with Crippen LogP contribution in [0.1, 0.15) is 12.8 Å². The average molecular weight is 304 g/mol. The van der Waals surface area contributed by atoms with E-state index in [1.807, 2.05) is 19.0 Å². The van der Waals surface area contributed by atoms with Gasteiger partial charge in [0.15, 0.2) is 0 Å². The van der Waals surface area contributed by atoms with Gasteiger partial charge < -0.3 is 9.80 Å². The van der Waals surface area contributed by atoms with E-state index >= 15 is 0 Å². The molecule has 0 aromatic carbocycles. The highest BCUT2D eigenvalue weighted by Crippen LogP contribution is 2.24. The predicted octanol–water partition coefficient (Wildman–Crippen LogP) is -1.06. The van der Waals surface area contributed by atoms with Crippen LogP contribution in [0.3, 0.4) is 0 Å². The lowest BCUT2D eigenvalue weighted by Gasteiger charge is -2.45. The van der Waals surface area contributed by atoms with Crippen molar-refractivity contribution in [1.82, 2.24) is 18.8 Å². The van der Waals surface area contributed by atoms with E-state index < -0.39 is 10.2 Å². The summed E-state index contributed by atoms with van der Waals surface area (Å²) in [5.41, 5.74) is 0. The van der Waals surface area contributed by atoms with E-state index in [0.717, 1.165) is 13.1 Å². The first-order chi connectivity index (χ1) is 9.35. The van der Waals surface area contributed by atoms with Gasteiger partial charge in [0.1, 0.15) is 0 Å². The normalized spacial score (nSPS) is 23.1.